The second-order valence-corrected chi connectivity index (χ2v) is 8.52. The molecule has 2 aromatic carbocycles. The molecule has 1 saturated heterocycles. The minimum Gasteiger partial charge on any atom is -0.493 e. The van der Waals surface area contributed by atoms with Crippen LogP contribution in [0.4, 0.5) is 15.8 Å². The molecule has 11 heteroatoms. The van der Waals surface area contributed by atoms with E-state index in [2.05, 4.69) is 10.3 Å². The summed E-state index contributed by atoms with van der Waals surface area (Å²) in [6, 6.07) is 7.99. The Labute approximate surface area is 215 Å². The lowest BCUT2D eigenvalue weighted by Crippen LogP contribution is -2.43. The van der Waals surface area contributed by atoms with Gasteiger partial charge in [-0.3, -0.25) is 4.79 Å². The number of amidine groups is 1. The number of halogens is 2. The van der Waals surface area contributed by atoms with Gasteiger partial charge in [-0.2, -0.15) is 0 Å². The first-order chi connectivity index (χ1) is 17.4. The summed E-state index contributed by atoms with van der Waals surface area (Å²) in [5.41, 5.74) is 7.42. The molecule has 0 bridgehead atoms. The molecule has 0 unspecified atom stereocenters. The maximum Gasteiger partial charge on any atom is 0.248 e. The summed E-state index contributed by atoms with van der Waals surface area (Å²) in [4.78, 5) is 18.3. The lowest BCUT2D eigenvalue weighted by atomic mass is 10.1. The van der Waals surface area contributed by atoms with Crippen molar-refractivity contribution in [2.75, 3.05) is 59.5 Å². The molecule has 0 aliphatic carbocycles. The van der Waals surface area contributed by atoms with E-state index in [9.17, 15) is 9.18 Å². The molecule has 1 heterocycles. The van der Waals surface area contributed by atoms with Crippen molar-refractivity contribution in [3.8, 4) is 11.5 Å². The summed E-state index contributed by atoms with van der Waals surface area (Å²) in [7, 11) is 4.85. The third-order valence-electron chi connectivity index (χ3n) is 5.77. The highest BCUT2D eigenvalue weighted by molar-refractivity contribution is 6.31. The van der Waals surface area contributed by atoms with Gasteiger partial charge in [-0.25, -0.2) is 9.38 Å². The molecule has 2 aromatic rings. The molecule has 1 amide bonds. The number of ether oxygens (including phenoxy) is 4. The zero-order valence-electron chi connectivity index (χ0n) is 20.7. The van der Waals surface area contributed by atoms with Crippen LogP contribution in [-0.4, -0.2) is 76.9 Å². The standard InChI is InChI=1S/C25H32ClFN4O5/c1-29-20-14-22(36-16-7-9-31(10-8-16)23(32)15-35-12-11-33-2)21(34-3)13-17(20)25(28)30-19-6-4-5-18(26)24(19)27/h4-6,13-14,16,29H,7-12,15H2,1-3H3,(H2,28,30). The molecule has 9 nitrogen and oxygen atoms in total. The van der Waals surface area contributed by atoms with Crippen LogP contribution in [0.2, 0.25) is 5.02 Å². The Kier molecular flexibility index (Phi) is 10.2. The number of hydrogen-bond acceptors (Lipinski definition) is 7. The van der Waals surface area contributed by atoms with Crippen LogP contribution in [0.5, 0.6) is 11.5 Å². The van der Waals surface area contributed by atoms with Crippen molar-refractivity contribution in [2.24, 2.45) is 10.7 Å². The number of aliphatic imine (C=N–C) groups is 1. The molecular formula is C25H32ClFN4O5. The topological polar surface area (TPSA) is 108 Å². The molecule has 1 aliphatic heterocycles. The van der Waals surface area contributed by atoms with Crippen LogP contribution in [0, 0.1) is 5.82 Å². The molecule has 36 heavy (non-hydrogen) atoms. The second-order valence-electron chi connectivity index (χ2n) is 8.11. The summed E-state index contributed by atoms with van der Waals surface area (Å²) in [6.07, 6.45) is 1.24. The van der Waals surface area contributed by atoms with Crippen LogP contribution >= 0.6 is 11.6 Å². The summed E-state index contributed by atoms with van der Waals surface area (Å²) in [6.45, 7) is 2.02. The van der Waals surface area contributed by atoms with E-state index in [0.717, 1.165) is 0 Å². The van der Waals surface area contributed by atoms with Crippen LogP contribution in [0.3, 0.4) is 0 Å². The number of carbonyl (C=O) groups is 1. The fraction of sp³-hybridized carbons (Fsp3) is 0.440. The summed E-state index contributed by atoms with van der Waals surface area (Å²) in [5, 5.41) is 3.04. The highest BCUT2D eigenvalue weighted by Crippen LogP contribution is 2.36. The van der Waals surface area contributed by atoms with E-state index in [4.69, 9.17) is 36.3 Å². The van der Waals surface area contributed by atoms with E-state index in [0.29, 0.717) is 61.9 Å². The Morgan fingerprint density at radius 1 is 1.22 bits per heavy atom. The minimum absolute atomic E-state index is 0.0340. The molecule has 0 atom stereocenters. The van der Waals surface area contributed by atoms with E-state index in [1.165, 1.54) is 19.2 Å². The van der Waals surface area contributed by atoms with Crippen LogP contribution < -0.4 is 20.5 Å². The maximum atomic E-state index is 14.3. The number of amides is 1. The first-order valence-corrected chi connectivity index (χ1v) is 11.9. The van der Waals surface area contributed by atoms with E-state index in [1.807, 2.05) is 0 Å². The number of nitrogens with two attached hydrogens (primary N) is 1. The average molecular weight is 523 g/mol. The number of rotatable bonds is 11. The lowest BCUT2D eigenvalue weighted by Gasteiger charge is -2.32. The largest absolute Gasteiger partial charge is 0.493 e. The first-order valence-electron chi connectivity index (χ1n) is 11.6. The van der Waals surface area contributed by atoms with Gasteiger partial charge in [0.2, 0.25) is 5.91 Å². The van der Waals surface area contributed by atoms with Gasteiger partial charge in [-0.05, 0) is 18.2 Å². The fourth-order valence-electron chi connectivity index (χ4n) is 3.79. The van der Waals surface area contributed by atoms with E-state index < -0.39 is 5.82 Å². The van der Waals surface area contributed by atoms with Crippen LogP contribution in [0.1, 0.15) is 18.4 Å². The van der Waals surface area contributed by atoms with E-state index in [1.54, 1.807) is 37.3 Å². The van der Waals surface area contributed by atoms with E-state index in [-0.39, 0.29) is 35.2 Å². The Morgan fingerprint density at radius 3 is 2.64 bits per heavy atom. The predicted molar refractivity (Wildman–Crippen MR) is 137 cm³/mol. The third kappa shape index (κ3) is 6.99. The van der Waals surface area contributed by atoms with Gasteiger partial charge in [0, 0.05) is 57.4 Å². The normalized spacial score (nSPS) is 14.6. The number of hydrogen-bond donors (Lipinski definition) is 2. The fourth-order valence-corrected chi connectivity index (χ4v) is 3.96. The molecule has 0 aromatic heterocycles. The second kappa shape index (κ2) is 13.3. The van der Waals surface area contributed by atoms with Gasteiger partial charge >= 0.3 is 0 Å². The molecule has 0 spiro atoms. The molecule has 0 saturated carbocycles. The van der Waals surface area contributed by atoms with Crippen molar-refractivity contribution >= 4 is 34.7 Å². The van der Waals surface area contributed by atoms with Crippen molar-refractivity contribution in [2.45, 2.75) is 18.9 Å². The quantitative estimate of drug-likeness (QED) is 0.264. The van der Waals surface area contributed by atoms with Gasteiger partial charge in [0.05, 0.1) is 25.3 Å². The van der Waals surface area contributed by atoms with Crippen molar-refractivity contribution in [1.29, 1.82) is 0 Å². The number of nitrogens with zero attached hydrogens (tertiary/aromatic N) is 2. The van der Waals surface area contributed by atoms with E-state index >= 15 is 0 Å². The number of nitrogens with one attached hydrogen (secondary N) is 1. The smallest absolute Gasteiger partial charge is 0.248 e. The Bertz CT molecular complexity index is 1080. The van der Waals surface area contributed by atoms with Gasteiger partial charge < -0.3 is 34.9 Å². The number of likely N-dealkylation sites (tertiary alicyclic amines) is 1. The van der Waals surface area contributed by atoms with Gasteiger partial charge in [0.15, 0.2) is 17.3 Å². The Morgan fingerprint density at radius 2 is 1.97 bits per heavy atom. The average Bonchev–Trinajstić information content (AvgIpc) is 2.89. The SMILES string of the molecule is CNc1cc(OC2CCN(C(=O)COCCOC)CC2)c(OC)cc1C(N)=Nc1cccc(Cl)c1F. The van der Waals surface area contributed by atoms with Crippen LogP contribution in [0.25, 0.3) is 0 Å². The third-order valence-corrected chi connectivity index (χ3v) is 6.06. The Balaban J connectivity index is 1.70. The number of methoxy groups -OCH3 is 2. The molecule has 0 radical (unpaired) electrons. The summed E-state index contributed by atoms with van der Waals surface area (Å²) >= 11 is 5.86. The molecule has 3 N–H and O–H groups in total. The van der Waals surface area contributed by atoms with Crippen molar-refractivity contribution in [1.82, 2.24) is 4.90 Å². The number of anilines is 1. The van der Waals surface area contributed by atoms with Gasteiger partial charge in [-0.15, -0.1) is 0 Å². The first kappa shape index (κ1) is 27.5. The van der Waals surface area contributed by atoms with Crippen molar-refractivity contribution < 1.29 is 28.1 Å². The van der Waals surface area contributed by atoms with Gasteiger partial charge in [0.25, 0.3) is 0 Å². The number of piperidine rings is 1. The Hall–Kier alpha value is -3.08. The molecule has 3 rings (SSSR count). The number of carbonyl (C=O) groups excluding carboxylic acids is 1. The van der Waals surface area contributed by atoms with Crippen LogP contribution in [-0.2, 0) is 14.3 Å². The zero-order chi connectivity index (χ0) is 26.1. The highest BCUT2D eigenvalue weighted by Gasteiger charge is 2.25. The maximum absolute atomic E-state index is 14.3. The lowest BCUT2D eigenvalue weighted by molar-refractivity contribution is -0.138. The minimum atomic E-state index is -0.647. The molecule has 196 valence electrons. The van der Waals surface area contributed by atoms with Crippen molar-refractivity contribution in [3.05, 3.63) is 46.7 Å². The van der Waals surface area contributed by atoms with Crippen LogP contribution in [0.15, 0.2) is 35.3 Å². The monoisotopic (exact) mass is 522 g/mol. The highest BCUT2D eigenvalue weighted by atomic mass is 35.5. The summed E-state index contributed by atoms with van der Waals surface area (Å²) < 4.78 is 36.3. The predicted octanol–water partition coefficient (Wildman–Crippen LogP) is 3.60. The van der Waals surface area contributed by atoms with Crippen molar-refractivity contribution in [3.63, 3.8) is 0 Å². The molecular weight excluding hydrogens is 491 g/mol. The van der Waals surface area contributed by atoms with Gasteiger partial charge in [-0.1, -0.05) is 17.7 Å². The zero-order valence-corrected chi connectivity index (χ0v) is 21.4. The van der Waals surface area contributed by atoms with Gasteiger partial charge in [0.1, 0.15) is 24.2 Å². The molecule has 1 fully saturated rings. The molecule has 1 aliphatic rings. The number of benzene rings is 2. The summed E-state index contributed by atoms with van der Waals surface area (Å²) in [5.74, 6) is 0.380.